The van der Waals surface area contributed by atoms with E-state index in [4.69, 9.17) is 0 Å². The number of hydrogen-bond acceptors (Lipinski definition) is 5. The predicted octanol–water partition coefficient (Wildman–Crippen LogP) is 4.80. The lowest BCUT2D eigenvalue weighted by Gasteiger charge is -2.12. The highest BCUT2D eigenvalue weighted by Crippen LogP contribution is 2.33. The summed E-state index contributed by atoms with van der Waals surface area (Å²) in [6.07, 6.45) is 8.69. The Hall–Kier alpha value is -4.24. The standard InChI is InChI=1S/C23H16N6/c1-29-9-5-15-2-3-16(10-22(15)29)19-11-18(12-20-23(19)27-8-7-26-20)28-21-14-25-6-4-17(21)13-24/h2-12,14,28H,1H3. The zero-order valence-corrected chi connectivity index (χ0v) is 15.7. The molecule has 0 bridgehead atoms. The van der Waals surface area contributed by atoms with E-state index in [0.717, 1.165) is 33.4 Å². The van der Waals surface area contributed by atoms with Crippen molar-refractivity contribution in [2.24, 2.45) is 7.05 Å². The fourth-order valence-corrected chi connectivity index (χ4v) is 3.54. The van der Waals surface area contributed by atoms with Crippen LogP contribution in [0.3, 0.4) is 0 Å². The van der Waals surface area contributed by atoms with Crippen LogP contribution >= 0.6 is 0 Å². The van der Waals surface area contributed by atoms with Crippen LogP contribution in [-0.4, -0.2) is 19.5 Å². The van der Waals surface area contributed by atoms with Crippen molar-refractivity contribution < 1.29 is 0 Å². The van der Waals surface area contributed by atoms with Gasteiger partial charge in [-0.3, -0.25) is 15.0 Å². The van der Waals surface area contributed by atoms with Gasteiger partial charge in [-0.2, -0.15) is 5.26 Å². The zero-order valence-electron chi connectivity index (χ0n) is 15.7. The molecule has 0 fully saturated rings. The third-order valence-electron chi connectivity index (χ3n) is 4.99. The molecule has 0 aliphatic rings. The first-order valence-corrected chi connectivity index (χ1v) is 9.14. The van der Waals surface area contributed by atoms with Gasteiger partial charge in [0.1, 0.15) is 6.07 Å². The van der Waals surface area contributed by atoms with Gasteiger partial charge in [-0.15, -0.1) is 0 Å². The molecule has 6 nitrogen and oxygen atoms in total. The lowest BCUT2D eigenvalue weighted by molar-refractivity contribution is 0.969. The van der Waals surface area contributed by atoms with Crippen molar-refractivity contribution in [1.29, 1.82) is 5.26 Å². The van der Waals surface area contributed by atoms with Crippen LogP contribution in [0.2, 0.25) is 0 Å². The molecule has 5 aromatic rings. The summed E-state index contributed by atoms with van der Waals surface area (Å²) in [5.41, 5.74) is 6.80. The Kier molecular flexibility index (Phi) is 3.92. The van der Waals surface area contributed by atoms with E-state index in [0.29, 0.717) is 11.3 Å². The van der Waals surface area contributed by atoms with Gasteiger partial charge >= 0.3 is 0 Å². The van der Waals surface area contributed by atoms with Crippen molar-refractivity contribution in [1.82, 2.24) is 19.5 Å². The van der Waals surface area contributed by atoms with Crippen LogP contribution in [0.25, 0.3) is 33.1 Å². The maximum atomic E-state index is 9.36. The minimum atomic E-state index is 0.533. The number of pyridine rings is 1. The molecule has 0 atom stereocenters. The van der Waals surface area contributed by atoms with E-state index in [2.05, 4.69) is 61.4 Å². The first kappa shape index (κ1) is 16.9. The lowest BCUT2D eigenvalue weighted by Crippen LogP contribution is -1.97. The zero-order chi connectivity index (χ0) is 19.8. The molecule has 0 saturated heterocycles. The molecule has 0 spiro atoms. The van der Waals surface area contributed by atoms with Crippen LogP contribution < -0.4 is 5.32 Å². The first-order valence-electron chi connectivity index (χ1n) is 9.14. The first-order chi connectivity index (χ1) is 14.2. The number of aromatic nitrogens is 4. The fourth-order valence-electron chi connectivity index (χ4n) is 3.54. The number of aryl methyl sites for hydroxylation is 1. The Balaban J connectivity index is 1.70. The molecular formula is C23H16N6. The molecule has 0 aliphatic carbocycles. The highest BCUT2D eigenvalue weighted by atomic mass is 14.9. The Morgan fingerprint density at radius 1 is 1.00 bits per heavy atom. The number of benzene rings is 2. The number of nitrogens with zero attached hydrogens (tertiary/aromatic N) is 5. The summed E-state index contributed by atoms with van der Waals surface area (Å²) in [6, 6.07) is 16.3. The molecule has 2 aromatic carbocycles. The van der Waals surface area contributed by atoms with E-state index in [1.54, 1.807) is 30.9 Å². The summed E-state index contributed by atoms with van der Waals surface area (Å²) >= 11 is 0. The van der Waals surface area contributed by atoms with Crippen molar-refractivity contribution in [3.05, 3.63) is 79.0 Å². The third-order valence-corrected chi connectivity index (χ3v) is 4.99. The summed E-state index contributed by atoms with van der Waals surface area (Å²) in [7, 11) is 2.04. The average molecular weight is 376 g/mol. The number of rotatable bonds is 3. The van der Waals surface area contributed by atoms with E-state index in [-0.39, 0.29) is 0 Å². The Morgan fingerprint density at radius 3 is 2.79 bits per heavy atom. The van der Waals surface area contributed by atoms with Crippen LogP contribution in [0.15, 0.2) is 73.4 Å². The second kappa shape index (κ2) is 6.73. The van der Waals surface area contributed by atoms with Gasteiger partial charge in [-0.1, -0.05) is 12.1 Å². The van der Waals surface area contributed by atoms with E-state index in [1.165, 1.54) is 5.39 Å². The summed E-state index contributed by atoms with van der Waals surface area (Å²) in [6.45, 7) is 0. The molecule has 1 N–H and O–H groups in total. The van der Waals surface area contributed by atoms with Gasteiger partial charge in [0.05, 0.1) is 28.5 Å². The van der Waals surface area contributed by atoms with Crippen LogP contribution in [0.1, 0.15) is 5.56 Å². The Bertz CT molecular complexity index is 1410. The number of anilines is 2. The van der Waals surface area contributed by atoms with Crippen LogP contribution in [0, 0.1) is 11.3 Å². The maximum Gasteiger partial charge on any atom is 0.101 e. The minimum Gasteiger partial charge on any atom is -0.353 e. The quantitative estimate of drug-likeness (QED) is 0.489. The van der Waals surface area contributed by atoms with Gasteiger partial charge in [0.25, 0.3) is 0 Å². The highest BCUT2D eigenvalue weighted by Gasteiger charge is 2.11. The topological polar surface area (TPSA) is 79.4 Å². The molecule has 0 radical (unpaired) electrons. The second-order valence-electron chi connectivity index (χ2n) is 6.81. The monoisotopic (exact) mass is 376 g/mol. The maximum absolute atomic E-state index is 9.36. The molecule has 138 valence electrons. The van der Waals surface area contributed by atoms with Crippen molar-refractivity contribution in [2.75, 3.05) is 5.32 Å². The van der Waals surface area contributed by atoms with Crippen molar-refractivity contribution in [3.63, 3.8) is 0 Å². The van der Waals surface area contributed by atoms with Gasteiger partial charge < -0.3 is 9.88 Å². The number of hydrogen-bond donors (Lipinski definition) is 1. The normalized spacial score (nSPS) is 10.9. The number of fused-ring (bicyclic) bond motifs is 2. The molecule has 0 saturated carbocycles. The SMILES string of the molecule is Cn1ccc2ccc(-c3cc(Nc4cnccc4C#N)cc4nccnc34)cc21. The third kappa shape index (κ3) is 2.95. The van der Waals surface area contributed by atoms with Gasteiger partial charge in [0.2, 0.25) is 0 Å². The van der Waals surface area contributed by atoms with E-state index in [9.17, 15) is 5.26 Å². The summed E-state index contributed by atoms with van der Waals surface area (Å²) in [4.78, 5) is 13.2. The number of nitriles is 1. The Labute approximate surface area is 167 Å². The van der Waals surface area contributed by atoms with Crippen LogP contribution in [0.5, 0.6) is 0 Å². The Morgan fingerprint density at radius 2 is 1.90 bits per heavy atom. The molecule has 0 unspecified atom stereocenters. The molecular weight excluding hydrogens is 360 g/mol. The van der Waals surface area contributed by atoms with Crippen LogP contribution in [-0.2, 0) is 7.05 Å². The average Bonchev–Trinajstić information content (AvgIpc) is 3.14. The second-order valence-corrected chi connectivity index (χ2v) is 6.81. The van der Waals surface area contributed by atoms with Crippen molar-refractivity contribution in [3.8, 4) is 17.2 Å². The van der Waals surface area contributed by atoms with Gasteiger partial charge in [0.15, 0.2) is 0 Å². The lowest BCUT2D eigenvalue weighted by atomic mass is 10.0. The molecule has 6 heteroatoms. The summed E-state index contributed by atoms with van der Waals surface area (Å²) in [5, 5.41) is 13.9. The number of nitrogens with one attached hydrogen (secondary N) is 1. The van der Waals surface area contributed by atoms with Gasteiger partial charge in [-0.05, 0) is 41.3 Å². The van der Waals surface area contributed by atoms with Gasteiger partial charge in [0, 0.05) is 48.6 Å². The predicted molar refractivity (Wildman–Crippen MR) is 114 cm³/mol. The fraction of sp³-hybridized carbons (Fsp3) is 0.0435. The molecule has 0 amide bonds. The van der Waals surface area contributed by atoms with E-state index < -0.39 is 0 Å². The summed E-state index contributed by atoms with van der Waals surface area (Å²) < 4.78 is 2.10. The van der Waals surface area contributed by atoms with Gasteiger partial charge in [-0.25, -0.2) is 0 Å². The molecule has 5 rings (SSSR count). The molecule has 3 aromatic heterocycles. The minimum absolute atomic E-state index is 0.533. The molecule has 29 heavy (non-hydrogen) atoms. The van der Waals surface area contributed by atoms with Crippen molar-refractivity contribution in [2.45, 2.75) is 0 Å². The van der Waals surface area contributed by atoms with Crippen molar-refractivity contribution >= 4 is 33.3 Å². The highest BCUT2D eigenvalue weighted by molar-refractivity contribution is 5.97. The smallest absolute Gasteiger partial charge is 0.101 e. The van der Waals surface area contributed by atoms with E-state index in [1.807, 2.05) is 19.2 Å². The van der Waals surface area contributed by atoms with E-state index >= 15 is 0 Å². The summed E-state index contributed by atoms with van der Waals surface area (Å²) in [5.74, 6) is 0. The van der Waals surface area contributed by atoms with Crippen LogP contribution in [0.4, 0.5) is 11.4 Å². The largest absolute Gasteiger partial charge is 0.353 e. The molecule has 3 heterocycles. The molecule has 0 aliphatic heterocycles.